The molecule has 0 bridgehead atoms. The molecule has 14 heteroatoms. The van der Waals surface area contributed by atoms with Crippen molar-refractivity contribution in [1.29, 1.82) is 0 Å². The van der Waals surface area contributed by atoms with Crippen LogP contribution >= 0.6 is 0 Å². The molecule has 2 aromatic rings. The number of ketones is 1. The summed E-state index contributed by atoms with van der Waals surface area (Å²) in [7, 11) is 0. The van der Waals surface area contributed by atoms with Crippen LogP contribution in [0.3, 0.4) is 0 Å². The van der Waals surface area contributed by atoms with Gasteiger partial charge in [0.2, 0.25) is 23.4 Å². The van der Waals surface area contributed by atoms with Crippen molar-refractivity contribution in [3.8, 4) is 5.75 Å². The van der Waals surface area contributed by atoms with Crippen LogP contribution < -0.4 is 26.0 Å². The van der Waals surface area contributed by atoms with E-state index >= 15 is 0 Å². The van der Waals surface area contributed by atoms with E-state index in [1.165, 1.54) is 0 Å². The number of Topliss-reactive ketones (excluding diaryl/α,β-unsaturated/α-hetero) is 1. The van der Waals surface area contributed by atoms with E-state index in [1.807, 2.05) is 0 Å². The monoisotopic (exact) mass is 608 g/mol. The summed E-state index contributed by atoms with van der Waals surface area (Å²) in [5.74, 6) is -13.9. The first-order valence-electron chi connectivity index (χ1n) is 13.5. The first-order chi connectivity index (χ1) is 20.3. The van der Waals surface area contributed by atoms with Gasteiger partial charge in [0.25, 0.3) is 0 Å². The van der Waals surface area contributed by atoms with Gasteiger partial charge < -0.3 is 26.0 Å². The Kier molecular flexibility index (Phi) is 11.2. The fraction of sp³-hybridized carbons (Fsp3) is 0.414. The minimum atomic E-state index is -1.86. The van der Waals surface area contributed by atoms with E-state index < -0.39 is 83.0 Å². The average Bonchev–Trinajstić information content (AvgIpc) is 3.35. The number of hydrogen-bond acceptors (Lipinski definition) is 6. The van der Waals surface area contributed by atoms with E-state index in [4.69, 9.17) is 4.74 Å². The first kappa shape index (κ1) is 33.0. The van der Waals surface area contributed by atoms with Gasteiger partial charge in [-0.15, -0.1) is 0 Å². The second-order valence-electron chi connectivity index (χ2n) is 10.6. The Morgan fingerprint density at radius 2 is 1.63 bits per heavy atom. The predicted molar refractivity (Wildman–Crippen MR) is 146 cm³/mol. The number of nitrogens with one attached hydrogen (secondary N) is 4. The van der Waals surface area contributed by atoms with Gasteiger partial charge in [0, 0.05) is 24.2 Å². The zero-order valence-corrected chi connectivity index (χ0v) is 23.7. The summed E-state index contributed by atoms with van der Waals surface area (Å²) >= 11 is 0. The number of anilines is 1. The Bertz CT molecular complexity index is 1380. The van der Waals surface area contributed by atoms with Crippen molar-refractivity contribution in [2.24, 2.45) is 11.8 Å². The standard InChI is InChI=1S/C29H32F4N4O6/c1-14(2)10-21(37-29(42)28(41)35-19-7-5-4-6-15(19)3)27(40)36-20(11-16-8-9-34-26(16)39)22(38)13-43-25-23(32)17(30)12-18(31)24(25)33/h4-7,12,14,16,20-21H,8-11,13H2,1-3H3,(H,34,39)(H,35,41)(H,36,40)(H,37,42)/t16-,20?,21?/m0/s1. The maximum absolute atomic E-state index is 14.0. The van der Waals surface area contributed by atoms with Gasteiger partial charge in [-0.25, -0.2) is 8.78 Å². The maximum atomic E-state index is 14.0. The number of para-hydroxylation sites is 1. The molecule has 0 aliphatic carbocycles. The third kappa shape index (κ3) is 8.75. The maximum Gasteiger partial charge on any atom is 0.313 e. The molecule has 2 aromatic carbocycles. The lowest BCUT2D eigenvalue weighted by Crippen LogP contribution is -2.54. The summed E-state index contributed by atoms with van der Waals surface area (Å²) in [5, 5.41) is 9.82. The molecule has 0 aromatic heterocycles. The largest absolute Gasteiger partial charge is 0.479 e. The van der Waals surface area contributed by atoms with E-state index in [1.54, 1.807) is 45.0 Å². The topological polar surface area (TPSA) is 143 Å². The molecule has 4 N–H and O–H groups in total. The highest BCUT2D eigenvalue weighted by Crippen LogP contribution is 2.27. The fourth-order valence-corrected chi connectivity index (χ4v) is 4.44. The molecule has 232 valence electrons. The van der Waals surface area contributed by atoms with Crippen LogP contribution in [-0.4, -0.2) is 54.6 Å². The van der Waals surface area contributed by atoms with Crippen molar-refractivity contribution in [3.05, 3.63) is 59.2 Å². The molecule has 1 heterocycles. The summed E-state index contributed by atoms with van der Waals surface area (Å²) in [4.78, 5) is 63.8. The third-order valence-electron chi connectivity index (χ3n) is 6.75. The van der Waals surface area contributed by atoms with Gasteiger partial charge in [-0.2, -0.15) is 8.78 Å². The lowest BCUT2D eigenvalue weighted by atomic mass is 9.95. The number of halogens is 4. The quantitative estimate of drug-likeness (QED) is 0.166. The number of carbonyl (C=O) groups excluding carboxylic acids is 5. The van der Waals surface area contributed by atoms with Gasteiger partial charge in [0.15, 0.2) is 23.2 Å². The Morgan fingerprint density at radius 3 is 2.21 bits per heavy atom. The Morgan fingerprint density at radius 1 is 0.977 bits per heavy atom. The third-order valence-corrected chi connectivity index (χ3v) is 6.75. The van der Waals surface area contributed by atoms with Crippen LogP contribution in [0.5, 0.6) is 5.75 Å². The van der Waals surface area contributed by atoms with E-state index in [2.05, 4.69) is 21.3 Å². The molecule has 43 heavy (non-hydrogen) atoms. The van der Waals surface area contributed by atoms with Crippen LogP contribution in [0.15, 0.2) is 30.3 Å². The summed E-state index contributed by atoms with van der Waals surface area (Å²) < 4.78 is 60.0. The van der Waals surface area contributed by atoms with Crippen molar-refractivity contribution >= 4 is 35.1 Å². The molecule has 0 radical (unpaired) electrons. The molecule has 2 unspecified atom stereocenters. The van der Waals surface area contributed by atoms with Crippen LogP contribution in [0.4, 0.5) is 23.2 Å². The van der Waals surface area contributed by atoms with Gasteiger partial charge in [0.05, 0.1) is 6.04 Å². The van der Waals surface area contributed by atoms with Crippen LogP contribution in [0.1, 0.15) is 38.7 Å². The summed E-state index contributed by atoms with van der Waals surface area (Å²) in [6.45, 7) is 4.42. The number of benzene rings is 2. The molecule has 4 amide bonds. The highest BCUT2D eigenvalue weighted by Gasteiger charge is 2.34. The van der Waals surface area contributed by atoms with E-state index in [0.717, 1.165) is 0 Å². The van der Waals surface area contributed by atoms with Gasteiger partial charge in [-0.05, 0) is 43.7 Å². The average molecular weight is 609 g/mol. The number of carbonyl (C=O) groups is 5. The molecule has 0 spiro atoms. The molecule has 1 aliphatic rings. The number of ether oxygens (including phenoxy) is 1. The second-order valence-corrected chi connectivity index (χ2v) is 10.6. The highest BCUT2D eigenvalue weighted by molar-refractivity contribution is 6.40. The SMILES string of the molecule is Cc1ccccc1NC(=O)C(=O)NC(CC(C)C)C(=O)NC(C[C@@H]1CCNC1=O)C(=O)COc1c(F)c(F)cc(F)c1F. The minimum absolute atomic E-state index is 0.0223. The van der Waals surface area contributed by atoms with E-state index in [-0.39, 0.29) is 24.8 Å². The Balaban J connectivity index is 1.76. The van der Waals surface area contributed by atoms with Crippen molar-refractivity contribution in [2.45, 2.75) is 52.1 Å². The lowest BCUT2D eigenvalue weighted by molar-refractivity contribution is -0.138. The summed E-state index contributed by atoms with van der Waals surface area (Å²) in [5.41, 5.74) is 1.08. The molecule has 3 atom stereocenters. The Labute approximate surface area is 244 Å². The molecule has 1 saturated heterocycles. The minimum Gasteiger partial charge on any atom is -0.479 e. The van der Waals surface area contributed by atoms with Crippen molar-refractivity contribution in [3.63, 3.8) is 0 Å². The smallest absolute Gasteiger partial charge is 0.313 e. The molecule has 10 nitrogen and oxygen atoms in total. The van der Waals surface area contributed by atoms with E-state index in [0.29, 0.717) is 24.2 Å². The molecular formula is C29H32F4N4O6. The Hall–Kier alpha value is -4.49. The van der Waals surface area contributed by atoms with Crippen LogP contribution in [-0.2, 0) is 24.0 Å². The molecule has 1 fully saturated rings. The zero-order valence-electron chi connectivity index (χ0n) is 23.7. The molecule has 1 aliphatic heterocycles. The van der Waals surface area contributed by atoms with Gasteiger partial charge in [0.1, 0.15) is 12.6 Å². The molecular weight excluding hydrogens is 576 g/mol. The van der Waals surface area contributed by atoms with Crippen LogP contribution in [0.2, 0.25) is 0 Å². The summed E-state index contributed by atoms with van der Waals surface area (Å²) in [6.07, 6.45) is 0.136. The summed E-state index contributed by atoms with van der Waals surface area (Å²) in [6, 6.07) is 3.94. The molecule has 0 saturated carbocycles. The van der Waals surface area contributed by atoms with E-state index in [9.17, 15) is 41.5 Å². The van der Waals surface area contributed by atoms with Crippen molar-refractivity contribution < 1.29 is 46.3 Å². The molecule has 3 rings (SSSR count). The number of rotatable bonds is 12. The lowest BCUT2D eigenvalue weighted by Gasteiger charge is -2.25. The second kappa shape index (κ2) is 14.6. The number of hydrogen-bond donors (Lipinski definition) is 4. The van der Waals surface area contributed by atoms with Gasteiger partial charge in [-0.3, -0.25) is 24.0 Å². The number of aryl methyl sites for hydroxylation is 1. The zero-order chi connectivity index (χ0) is 31.8. The first-order valence-corrected chi connectivity index (χ1v) is 13.5. The predicted octanol–water partition coefficient (Wildman–Crippen LogP) is 2.68. The van der Waals surface area contributed by atoms with Crippen LogP contribution in [0.25, 0.3) is 0 Å². The van der Waals surface area contributed by atoms with Gasteiger partial charge >= 0.3 is 11.8 Å². The fourth-order valence-electron chi connectivity index (χ4n) is 4.44. The number of amides is 4. The normalized spacial score (nSPS) is 15.8. The highest BCUT2D eigenvalue weighted by atomic mass is 19.2. The van der Waals surface area contributed by atoms with Gasteiger partial charge in [-0.1, -0.05) is 32.0 Å². The van der Waals surface area contributed by atoms with Crippen molar-refractivity contribution in [2.75, 3.05) is 18.5 Å². The van der Waals surface area contributed by atoms with Crippen molar-refractivity contribution in [1.82, 2.24) is 16.0 Å². The van der Waals surface area contributed by atoms with Crippen LogP contribution in [0, 0.1) is 42.0 Å².